The monoisotopic (exact) mass is 309 g/mol. The van der Waals surface area contributed by atoms with E-state index in [0.29, 0.717) is 22.5 Å². The maximum Gasteiger partial charge on any atom is 0.142 e. The summed E-state index contributed by atoms with van der Waals surface area (Å²) in [4.78, 5) is 0. The number of rotatable bonds is 3. The fourth-order valence-corrected chi connectivity index (χ4v) is 2.02. The standard InChI is InChI=1S/C14H13BrFNO/c1-9-2-5-14(13(17)6-9)18-8-10-3-4-12(16)11(15)7-10/h2-7H,8,17H2,1H3. The van der Waals surface area contributed by atoms with Gasteiger partial charge in [0.2, 0.25) is 0 Å². The first kappa shape index (κ1) is 12.9. The van der Waals surface area contributed by atoms with E-state index in [-0.39, 0.29) is 5.82 Å². The van der Waals surface area contributed by atoms with E-state index in [1.807, 2.05) is 25.1 Å². The van der Waals surface area contributed by atoms with E-state index in [0.717, 1.165) is 11.1 Å². The van der Waals surface area contributed by atoms with Crippen LogP contribution < -0.4 is 10.5 Å². The van der Waals surface area contributed by atoms with Crippen molar-refractivity contribution in [3.05, 3.63) is 57.8 Å². The van der Waals surface area contributed by atoms with Crippen molar-refractivity contribution < 1.29 is 9.13 Å². The quantitative estimate of drug-likeness (QED) is 0.868. The van der Waals surface area contributed by atoms with E-state index in [4.69, 9.17) is 10.5 Å². The molecule has 2 N–H and O–H groups in total. The molecule has 18 heavy (non-hydrogen) atoms. The van der Waals surface area contributed by atoms with Crippen LogP contribution in [0.5, 0.6) is 5.75 Å². The number of hydrogen-bond acceptors (Lipinski definition) is 2. The number of halogens is 2. The first-order chi connectivity index (χ1) is 8.56. The van der Waals surface area contributed by atoms with Gasteiger partial charge in [0.25, 0.3) is 0 Å². The lowest BCUT2D eigenvalue weighted by Crippen LogP contribution is -1.99. The highest BCUT2D eigenvalue weighted by molar-refractivity contribution is 9.10. The van der Waals surface area contributed by atoms with Gasteiger partial charge in [0.1, 0.15) is 18.2 Å². The van der Waals surface area contributed by atoms with Gasteiger partial charge in [0.05, 0.1) is 10.2 Å². The molecule has 0 bridgehead atoms. The van der Waals surface area contributed by atoms with Gasteiger partial charge in [-0.2, -0.15) is 0 Å². The topological polar surface area (TPSA) is 35.2 Å². The van der Waals surface area contributed by atoms with Crippen molar-refractivity contribution in [1.29, 1.82) is 0 Å². The lowest BCUT2D eigenvalue weighted by Gasteiger charge is -2.10. The molecule has 2 aromatic rings. The number of ether oxygens (including phenoxy) is 1. The normalized spacial score (nSPS) is 10.4. The third-order valence-electron chi connectivity index (χ3n) is 2.54. The Bertz CT molecular complexity index is 572. The summed E-state index contributed by atoms with van der Waals surface area (Å²) in [7, 11) is 0. The molecule has 0 radical (unpaired) electrons. The molecule has 0 saturated carbocycles. The molecule has 2 rings (SSSR count). The van der Waals surface area contributed by atoms with Gasteiger partial charge >= 0.3 is 0 Å². The van der Waals surface area contributed by atoms with Gasteiger partial charge in [-0.25, -0.2) is 4.39 Å². The molecule has 0 spiro atoms. The van der Waals surface area contributed by atoms with Crippen LogP contribution in [0, 0.1) is 12.7 Å². The van der Waals surface area contributed by atoms with E-state index in [1.165, 1.54) is 6.07 Å². The maximum absolute atomic E-state index is 13.1. The SMILES string of the molecule is Cc1ccc(OCc2ccc(F)c(Br)c2)c(N)c1. The minimum Gasteiger partial charge on any atom is -0.487 e. The predicted octanol–water partition coefficient (Wildman–Crippen LogP) is 4.06. The van der Waals surface area contributed by atoms with Crippen molar-refractivity contribution in [2.24, 2.45) is 0 Å². The molecule has 0 amide bonds. The minimum atomic E-state index is -0.284. The largest absolute Gasteiger partial charge is 0.487 e. The Morgan fingerprint density at radius 1 is 1.22 bits per heavy atom. The first-order valence-corrected chi connectivity index (χ1v) is 6.28. The molecular weight excluding hydrogens is 297 g/mol. The molecule has 0 aliphatic carbocycles. The van der Waals surface area contributed by atoms with Crippen LogP contribution >= 0.6 is 15.9 Å². The smallest absolute Gasteiger partial charge is 0.142 e. The van der Waals surface area contributed by atoms with Gasteiger partial charge in [0.15, 0.2) is 0 Å². The van der Waals surface area contributed by atoms with Crippen LogP contribution in [0.4, 0.5) is 10.1 Å². The fraction of sp³-hybridized carbons (Fsp3) is 0.143. The molecule has 0 unspecified atom stereocenters. The second-order valence-corrected chi connectivity index (χ2v) is 4.93. The molecule has 0 saturated heterocycles. The molecule has 0 heterocycles. The number of aryl methyl sites for hydroxylation is 1. The van der Waals surface area contributed by atoms with Gasteiger partial charge in [-0.05, 0) is 58.2 Å². The van der Waals surface area contributed by atoms with Crippen molar-refractivity contribution in [3.8, 4) is 5.75 Å². The molecule has 2 aromatic carbocycles. The fourth-order valence-electron chi connectivity index (χ4n) is 1.59. The highest BCUT2D eigenvalue weighted by Crippen LogP contribution is 2.24. The summed E-state index contributed by atoms with van der Waals surface area (Å²) in [6.07, 6.45) is 0. The van der Waals surface area contributed by atoms with Crippen LogP contribution in [-0.2, 0) is 6.61 Å². The number of benzene rings is 2. The van der Waals surface area contributed by atoms with Crippen LogP contribution in [0.25, 0.3) is 0 Å². The second kappa shape index (κ2) is 5.40. The van der Waals surface area contributed by atoms with Crippen molar-refractivity contribution in [2.75, 3.05) is 5.73 Å². The lowest BCUT2D eigenvalue weighted by atomic mass is 10.2. The number of nitrogens with two attached hydrogens (primary N) is 1. The van der Waals surface area contributed by atoms with Crippen molar-refractivity contribution in [1.82, 2.24) is 0 Å². The summed E-state index contributed by atoms with van der Waals surface area (Å²) in [5, 5.41) is 0. The third-order valence-corrected chi connectivity index (χ3v) is 3.15. The van der Waals surface area contributed by atoms with E-state index < -0.39 is 0 Å². The summed E-state index contributed by atoms with van der Waals surface area (Å²) < 4.78 is 19.1. The average Bonchev–Trinajstić information content (AvgIpc) is 2.32. The number of hydrogen-bond donors (Lipinski definition) is 1. The highest BCUT2D eigenvalue weighted by atomic mass is 79.9. The summed E-state index contributed by atoms with van der Waals surface area (Å²) in [5.41, 5.74) is 8.42. The average molecular weight is 310 g/mol. The predicted molar refractivity (Wildman–Crippen MR) is 74.0 cm³/mol. The van der Waals surface area contributed by atoms with Gasteiger partial charge < -0.3 is 10.5 Å². The van der Waals surface area contributed by atoms with Gasteiger partial charge in [-0.15, -0.1) is 0 Å². The third kappa shape index (κ3) is 3.01. The second-order valence-electron chi connectivity index (χ2n) is 4.08. The minimum absolute atomic E-state index is 0.284. The summed E-state index contributed by atoms with van der Waals surface area (Å²) >= 11 is 3.14. The molecule has 0 atom stereocenters. The Morgan fingerprint density at radius 3 is 2.67 bits per heavy atom. The summed E-state index contributed by atoms with van der Waals surface area (Å²) in [6.45, 7) is 2.32. The van der Waals surface area contributed by atoms with Crippen molar-refractivity contribution in [2.45, 2.75) is 13.5 Å². The highest BCUT2D eigenvalue weighted by Gasteiger charge is 2.03. The summed E-state index contributed by atoms with van der Waals surface area (Å²) in [5.74, 6) is 0.356. The van der Waals surface area contributed by atoms with Crippen LogP contribution in [0.3, 0.4) is 0 Å². The Morgan fingerprint density at radius 2 is 2.00 bits per heavy atom. The van der Waals surface area contributed by atoms with E-state index in [9.17, 15) is 4.39 Å². The zero-order chi connectivity index (χ0) is 13.1. The molecule has 0 aliphatic rings. The molecule has 94 valence electrons. The molecule has 2 nitrogen and oxygen atoms in total. The van der Waals surface area contributed by atoms with Gasteiger partial charge in [0, 0.05) is 0 Å². The van der Waals surface area contributed by atoms with Crippen LogP contribution in [0.15, 0.2) is 40.9 Å². The van der Waals surface area contributed by atoms with E-state index >= 15 is 0 Å². The van der Waals surface area contributed by atoms with Gasteiger partial charge in [-0.1, -0.05) is 12.1 Å². The molecule has 0 aromatic heterocycles. The summed E-state index contributed by atoms with van der Waals surface area (Å²) in [6, 6.07) is 10.4. The Balaban J connectivity index is 2.09. The zero-order valence-corrected chi connectivity index (χ0v) is 11.5. The number of nitrogen functional groups attached to an aromatic ring is 1. The molecule has 0 fully saturated rings. The Kier molecular flexibility index (Phi) is 3.87. The van der Waals surface area contributed by atoms with Crippen molar-refractivity contribution in [3.63, 3.8) is 0 Å². The first-order valence-electron chi connectivity index (χ1n) is 5.49. The van der Waals surface area contributed by atoms with Crippen molar-refractivity contribution >= 4 is 21.6 Å². The molecule has 4 heteroatoms. The molecular formula is C14H13BrFNO. The lowest BCUT2D eigenvalue weighted by molar-refractivity contribution is 0.307. The van der Waals surface area contributed by atoms with Gasteiger partial charge in [-0.3, -0.25) is 0 Å². The van der Waals surface area contributed by atoms with E-state index in [2.05, 4.69) is 15.9 Å². The van der Waals surface area contributed by atoms with E-state index in [1.54, 1.807) is 12.1 Å². The number of anilines is 1. The van der Waals surface area contributed by atoms with Crippen LogP contribution in [0.2, 0.25) is 0 Å². The maximum atomic E-state index is 13.1. The molecule has 0 aliphatic heterocycles. The van der Waals surface area contributed by atoms with Crippen LogP contribution in [0.1, 0.15) is 11.1 Å². The zero-order valence-electron chi connectivity index (χ0n) is 9.91. The Labute approximate surface area is 114 Å². The van der Waals surface area contributed by atoms with Crippen LogP contribution in [-0.4, -0.2) is 0 Å². The Hall–Kier alpha value is -1.55.